The number of carbonyl (C=O) groups is 1. The molecule has 0 spiro atoms. The molecule has 1 fully saturated rings. The van der Waals surface area contributed by atoms with Crippen LogP contribution in [-0.4, -0.2) is 40.1 Å². The second-order valence-corrected chi connectivity index (χ2v) is 7.42. The number of carbonyl (C=O) groups excluding carboxylic acids is 1. The maximum absolute atomic E-state index is 12.5. The van der Waals surface area contributed by atoms with Gasteiger partial charge in [-0.05, 0) is 50.3 Å². The second-order valence-electron chi connectivity index (χ2n) is 7.42. The topological polar surface area (TPSA) is 89.0 Å². The van der Waals surface area contributed by atoms with Crippen LogP contribution in [0.3, 0.4) is 0 Å². The molecule has 0 atom stereocenters. The van der Waals surface area contributed by atoms with Crippen LogP contribution in [0.2, 0.25) is 0 Å². The number of rotatable bonds is 5. The first kappa shape index (κ1) is 19.3. The van der Waals surface area contributed by atoms with Crippen LogP contribution in [0.4, 0.5) is 11.8 Å². The van der Waals surface area contributed by atoms with Crippen molar-refractivity contribution in [2.24, 2.45) is 0 Å². The van der Waals surface area contributed by atoms with Crippen molar-refractivity contribution in [2.75, 3.05) is 17.7 Å². The molecule has 0 saturated heterocycles. The van der Waals surface area contributed by atoms with Crippen molar-refractivity contribution < 1.29 is 9.53 Å². The Morgan fingerprint density at radius 3 is 2.55 bits per heavy atom. The summed E-state index contributed by atoms with van der Waals surface area (Å²) in [5, 5.41) is 7.05. The Kier molecular flexibility index (Phi) is 5.67. The Morgan fingerprint density at radius 2 is 1.83 bits per heavy atom. The van der Waals surface area contributed by atoms with Gasteiger partial charge in [0.05, 0.1) is 17.0 Å². The number of fused-ring (bicyclic) bond motifs is 1. The zero-order valence-electron chi connectivity index (χ0n) is 16.7. The van der Waals surface area contributed by atoms with E-state index in [1.165, 1.54) is 0 Å². The largest absolute Gasteiger partial charge is 0.381 e. The SMILES string of the molecule is COC1CCC(Nc2ncc3c(NC(=O)c4ccccc4)ncc(C)c3n2)CC1. The fourth-order valence-corrected chi connectivity index (χ4v) is 3.71. The maximum atomic E-state index is 12.5. The average Bonchev–Trinajstić information content (AvgIpc) is 2.77. The molecule has 0 unspecified atom stereocenters. The van der Waals surface area contributed by atoms with Gasteiger partial charge in [-0.3, -0.25) is 4.79 Å². The van der Waals surface area contributed by atoms with Crippen LogP contribution in [0.25, 0.3) is 10.9 Å². The highest BCUT2D eigenvalue weighted by Gasteiger charge is 2.21. The summed E-state index contributed by atoms with van der Waals surface area (Å²) in [6, 6.07) is 9.41. The van der Waals surface area contributed by atoms with E-state index >= 15 is 0 Å². The Hall–Kier alpha value is -3.06. The highest BCUT2D eigenvalue weighted by atomic mass is 16.5. The van der Waals surface area contributed by atoms with Gasteiger partial charge in [-0.15, -0.1) is 0 Å². The number of nitrogens with zero attached hydrogens (tertiary/aromatic N) is 3. The van der Waals surface area contributed by atoms with Crippen LogP contribution in [-0.2, 0) is 4.74 Å². The summed E-state index contributed by atoms with van der Waals surface area (Å²) in [4.78, 5) is 26.1. The summed E-state index contributed by atoms with van der Waals surface area (Å²) in [7, 11) is 1.77. The Bertz CT molecular complexity index is 1000. The zero-order chi connectivity index (χ0) is 20.2. The van der Waals surface area contributed by atoms with Crippen LogP contribution in [0.5, 0.6) is 0 Å². The molecule has 7 nitrogen and oxygen atoms in total. The van der Waals surface area contributed by atoms with Crippen molar-refractivity contribution >= 4 is 28.6 Å². The first-order valence-electron chi connectivity index (χ1n) is 9.92. The molecule has 1 aliphatic carbocycles. The fraction of sp³-hybridized carbons (Fsp3) is 0.364. The zero-order valence-corrected chi connectivity index (χ0v) is 16.7. The minimum Gasteiger partial charge on any atom is -0.381 e. The van der Waals surface area contributed by atoms with Crippen LogP contribution < -0.4 is 10.6 Å². The molecule has 2 N–H and O–H groups in total. The minimum absolute atomic E-state index is 0.208. The van der Waals surface area contributed by atoms with E-state index in [2.05, 4.69) is 20.6 Å². The summed E-state index contributed by atoms with van der Waals surface area (Å²) in [6.45, 7) is 1.96. The summed E-state index contributed by atoms with van der Waals surface area (Å²) >= 11 is 0. The molecule has 7 heteroatoms. The van der Waals surface area contributed by atoms with E-state index in [-0.39, 0.29) is 5.91 Å². The van der Waals surface area contributed by atoms with E-state index in [0.29, 0.717) is 29.5 Å². The van der Waals surface area contributed by atoms with E-state index in [1.807, 2.05) is 25.1 Å². The number of methoxy groups -OCH3 is 1. The predicted octanol–water partition coefficient (Wildman–Crippen LogP) is 3.96. The number of aryl methyl sites for hydroxylation is 1. The molecule has 0 aliphatic heterocycles. The third kappa shape index (κ3) is 4.35. The number of pyridine rings is 1. The molecule has 1 aromatic carbocycles. The summed E-state index contributed by atoms with van der Waals surface area (Å²) in [5.74, 6) is 0.861. The van der Waals surface area contributed by atoms with Gasteiger partial charge >= 0.3 is 0 Å². The van der Waals surface area contributed by atoms with E-state index in [9.17, 15) is 4.79 Å². The highest BCUT2D eigenvalue weighted by molar-refractivity contribution is 6.07. The third-order valence-electron chi connectivity index (χ3n) is 5.41. The molecule has 29 heavy (non-hydrogen) atoms. The van der Waals surface area contributed by atoms with Crippen molar-refractivity contribution in [3.05, 3.63) is 53.9 Å². The van der Waals surface area contributed by atoms with Crippen molar-refractivity contribution in [3.63, 3.8) is 0 Å². The van der Waals surface area contributed by atoms with E-state index in [0.717, 1.165) is 42.1 Å². The van der Waals surface area contributed by atoms with Crippen molar-refractivity contribution in [1.29, 1.82) is 0 Å². The molecule has 1 saturated carbocycles. The summed E-state index contributed by atoms with van der Waals surface area (Å²) in [6.07, 6.45) is 7.96. The average molecular weight is 391 g/mol. The van der Waals surface area contributed by atoms with Gasteiger partial charge in [-0.1, -0.05) is 18.2 Å². The number of ether oxygens (including phenoxy) is 1. The molecule has 1 aliphatic rings. The molecule has 150 valence electrons. The van der Waals surface area contributed by atoms with Gasteiger partial charge in [0.25, 0.3) is 5.91 Å². The van der Waals surface area contributed by atoms with Gasteiger partial charge < -0.3 is 15.4 Å². The smallest absolute Gasteiger partial charge is 0.256 e. The molecule has 2 heterocycles. The quantitative estimate of drug-likeness (QED) is 0.684. The highest BCUT2D eigenvalue weighted by Crippen LogP contribution is 2.26. The predicted molar refractivity (Wildman–Crippen MR) is 113 cm³/mol. The Labute approximate surface area is 169 Å². The molecule has 3 aromatic rings. The lowest BCUT2D eigenvalue weighted by atomic mass is 9.93. The van der Waals surface area contributed by atoms with Gasteiger partial charge in [0, 0.05) is 31.1 Å². The van der Waals surface area contributed by atoms with E-state index in [1.54, 1.807) is 31.6 Å². The minimum atomic E-state index is -0.208. The van der Waals surface area contributed by atoms with Crippen LogP contribution in [0, 0.1) is 6.92 Å². The monoisotopic (exact) mass is 391 g/mol. The first-order chi connectivity index (χ1) is 14.1. The Morgan fingerprint density at radius 1 is 1.07 bits per heavy atom. The standard InChI is InChI=1S/C22H25N5O2/c1-14-12-23-20(27-21(28)15-6-4-3-5-7-15)18-13-24-22(26-19(14)18)25-16-8-10-17(29-2)11-9-16/h3-7,12-13,16-17H,8-11H2,1-2H3,(H,23,27,28)(H,24,25,26). The lowest BCUT2D eigenvalue weighted by Crippen LogP contribution is -2.29. The second kappa shape index (κ2) is 8.53. The van der Waals surface area contributed by atoms with Crippen molar-refractivity contribution in [1.82, 2.24) is 15.0 Å². The van der Waals surface area contributed by atoms with Gasteiger partial charge in [0.2, 0.25) is 5.95 Å². The fourth-order valence-electron chi connectivity index (χ4n) is 3.71. The van der Waals surface area contributed by atoms with Gasteiger partial charge in [-0.25, -0.2) is 15.0 Å². The van der Waals surface area contributed by atoms with E-state index in [4.69, 9.17) is 9.72 Å². The number of anilines is 2. The van der Waals surface area contributed by atoms with Crippen LogP contribution in [0.1, 0.15) is 41.6 Å². The Balaban J connectivity index is 1.54. The molecular formula is C22H25N5O2. The number of amides is 1. The number of aromatic nitrogens is 3. The maximum Gasteiger partial charge on any atom is 0.256 e. The lowest BCUT2D eigenvalue weighted by molar-refractivity contribution is 0.0681. The molecule has 2 aromatic heterocycles. The molecule has 1 amide bonds. The van der Waals surface area contributed by atoms with Crippen molar-refractivity contribution in [3.8, 4) is 0 Å². The molecule has 0 bridgehead atoms. The van der Waals surface area contributed by atoms with Crippen LogP contribution >= 0.6 is 0 Å². The normalized spacial score (nSPS) is 19.1. The van der Waals surface area contributed by atoms with Gasteiger partial charge in [-0.2, -0.15) is 0 Å². The lowest BCUT2D eigenvalue weighted by Gasteiger charge is -2.28. The number of benzene rings is 1. The summed E-state index contributed by atoms with van der Waals surface area (Å²) < 4.78 is 5.44. The number of hydrogen-bond acceptors (Lipinski definition) is 6. The van der Waals surface area contributed by atoms with E-state index < -0.39 is 0 Å². The molecule has 4 rings (SSSR count). The van der Waals surface area contributed by atoms with Gasteiger partial charge in [0.15, 0.2) is 0 Å². The van der Waals surface area contributed by atoms with Gasteiger partial charge in [0.1, 0.15) is 5.82 Å². The first-order valence-corrected chi connectivity index (χ1v) is 9.92. The molecule has 0 radical (unpaired) electrons. The molecular weight excluding hydrogens is 366 g/mol. The number of nitrogens with one attached hydrogen (secondary N) is 2. The third-order valence-corrected chi connectivity index (χ3v) is 5.41. The van der Waals surface area contributed by atoms with Crippen molar-refractivity contribution in [2.45, 2.75) is 44.8 Å². The summed E-state index contributed by atoms with van der Waals surface area (Å²) in [5.41, 5.74) is 2.30. The van der Waals surface area contributed by atoms with Crippen LogP contribution in [0.15, 0.2) is 42.7 Å². The number of hydrogen-bond donors (Lipinski definition) is 2.